The van der Waals surface area contributed by atoms with E-state index < -0.39 is 5.60 Å². The van der Waals surface area contributed by atoms with Crippen LogP contribution in [0.25, 0.3) is 0 Å². The highest BCUT2D eigenvalue weighted by atomic mass is 16.5. The Bertz CT molecular complexity index is 708. The lowest BCUT2D eigenvalue weighted by Gasteiger charge is -2.60. The van der Waals surface area contributed by atoms with Gasteiger partial charge < -0.3 is 20.5 Å². The quantitative estimate of drug-likeness (QED) is 0.702. The van der Waals surface area contributed by atoms with Gasteiger partial charge in [-0.05, 0) is 88.8 Å². The second-order valence-electron chi connectivity index (χ2n) is 10.6. The third-order valence-electron chi connectivity index (χ3n) is 6.51. The molecule has 1 aromatic carbocycles. The molecule has 4 bridgehead atoms. The van der Waals surface area contributed by atoms with Crippen LogP contribution in [0, 0.1) is 11.8 Å². The molecule has 3 N–H and O–H groups in total. The summed E-state index contributed by atoms with van der Waals surface area (Å²) < 4.78 is 5.59. The van der Waals surface area contributed by atoms with Crippen LogP contribution in [0.5, 0.6) is 5.75 Å². The predicted molar refractivity (Wildman–Crippen MR) is 109 cm³/mol. The van der Waals surface area contributed by atoms with Crippen molar-refractivity contribution in [3.8, 4) is 5.75 Å². The van der Waals surface area contributed by atoms with Gasteiger partial charge in [0, 0.05) is 17.6 Å². The first-order valence-corrected chi connectivity index (χ1v) is 10.6. The predicted octanol–water partition coefficient (Wildman–Crippen LogP) is 3.15. The van der Waals surface area contributed by atoms with Gasteiger partial charge in [0.2, 0.25) is 0 Å². The van der Waals surface area contributed by atoms with E-state index in [1.807, 2.05) is 32.9 Å². The van der Waals surface area contributed by atoms with Crippen molar-refractivity contribution in [1.29, 1.82) is 0 Å². The van der Waals surface area contributed by atoms with Gasteiger partial charge in [-0.1, -0.05) is 12.1 Å². The van der Waals surface area contributed by atoms with Crippen molar-refractivity contribution < 1.29 is 14.6 Å². The molecule has 28 heavy (non-hydrogen) atoms. The van der Waals surface area contributed by atoms with Gasteiger partial charge in [-0.3, -0.25) is 4.79 Å². The zero-order valence-corrected chi connectivity index (χ0v) is 17.4. The molecule has 4 aliphatic rings. The van der Waals surface area contributed by atoms with Crippen LogP contribution in [0.2, 0.25) is 0 Å². The van der Waals surface area contributed by atoms with Crippen molar-refractivity contribution >= 4 is 5.91 Å². The fourth-order valence-corrected chi connectivity index (χ4v) is 6.02. The van der Waals surface area contributed by atoms with Crippen LogP contribution in [0.15, 0.2) is 24.3 Å². The molecule has 154 valence electrons. The molecule has 4 saturated carbocycles. The van der Waals surface area contributed by atoms with Gasteiger partial charge in [0.05, 0.1) is 5.60 Å². The molecule has 1 aromatic rings. The van der Waals surface area contributed by atoms with Crippen molar-refractivity contribution in [3.05, 3.63) is 29.8 Å². The summed E-state index contributed by atoms with van der Waals surface area (Å²) in [5.74, 6) is 1.97. The molecule has 5 rings (SSSR count). The van der Waals surface area contributed by atoms with E-state index in [1.54, 1.807) is 0 Å². The number of benzene rings is 1. The Kier molecular flexibility index (Phi) is 4.95. The van der Waals surface area contributed by atoms with E-state index in [0.29, 0.717) is 17.6 Å². The maximum absolute atomic E-state index is 11.9. The molecule has 0 saturated heterocycles. The summed E-state index contributed by atoms with van der Waals surface area (Å²) in [7, 11) is 0. The van der Waals surface area contributed by atoms with Crippen LogP contribution in [0.4, 0.5) is 0 Å². The number of nitrogens with one attached hydrogen (secondary N) is 2. The SMILES string of the molecule is CC(C)(C)NC(=O)COc1ccc(CNC23C[C@@H]4C[C@@H](CC(O)(C4)C2)C3)cc1. The van der Waals surface area contributed by atoms with E-state index in [-0.39, 0.29) is 23.6 Å². The molecule has 4 fully saturated rings. The molecule has 5 heteroatoms. The van der Waals surface area contributed by atoms with Crippen molar-refractivity contribution in [2.75, 3.05) is 6.61 Å². The molecule has 4 atom stereocenters. The number of rotatable bonds is 6. The highest BCUT2D eigenvalue weighted by Crippen LogP contribution is 2.57. The summed E-state index contributed by atoms with van der Waals surface area (Å²) in [5.41, 5.74) is 0.635. The zero-order chi connectivity index (χ0) is 20.0. The lowest BCUT2D eigenvalue weighted by atomic mass is 9.51. The van der Waals surface area contributed by atoms with Crippen molar-refractivity contribution in [2.24, 2.45) is 11.8 Å². The fraction of sp³-hybridized carbons (Fsp3) is 0.696. The molecule has 4 aliphatic carbocycles. The number of hydrogen-bond acceptors (Lipinski definition) is 4. The summed E-state index contributed by atoms with van der Waals surface area (Å²) in [6, 6.07) is 7.96. The Morgan fingerprint density at radius 3 is 2.36 bits per heavy atom. The highest BCUT2D eigenvalue weighted by molar-refractivity contribution is 5.78. The molecule has 0 radical (unpaired) electrons. The third-order valence-corrected chi connectivity index (χ3v) is 6.51. The maximum Gasteiger partial charge on any atom is 0.258 e. The van der Waals surface area contributed by atoms with Crippen molar-refractivity contribution in [1.82, 2.24) is 10.6 Å². The minimum Gasteiger partial charge on any atom is -0.484 e. The Balaban J connectivity index is 1.29. The summed E-state index contributed by atoms with van der Waals surface area (Å²) in [5, 5.41) is 17.6. The van der Waals surface area contributed by atoms with Crippen LogP contribution in [-0.4, -0.2) is 34.3 Å². The molecule has 2 unspecified atom stereocenters. The molecule has 0 spiro atoms. The Labute approximate surface area is 168 Å². The lowest BCUT2D eigenvalue weighted by molar-refractivity contribution is -0.142. The summed E-state index contributed by atoms with van der Waals surface area (Å²) >= 11 is 0. The van der Waals surface area contributed by atoms with Gasteiger partial charge in [-0.25, -0.2) is 0 Å². The molecule has 0 aliphatic heterocycles. The lowest BCUT2D eigenvalue weighted by Crippen LogP contribution is -2.64. The monoisotopic (exact) mass is 386 g/mol. The van der Waals surface area contributed by atoms with Gasteiger partial charge >= 0.3 is 0 Å². The first kappa shape index (κ1) is 19.7. The molecule has 5 nitrogen and oxygen atoms in total. The van der Waals surface area contributed by atoms with Crippen molar-refractivity contribution in [2.45, 2.75) is 82.5 Å². The largest absolute Gasteiger partial charge is 0.484 e. The van der Waals surface area contributed by atoms with Gasteiger partial charge in [0.1, 0.15) is 5.75 Å². The molecule has 0 aromatic heterocycles. The normalized spacial score (nSPS) is 33.7. The van der Waals surface area contributed by atoms with Gasteiger partial charge in [0.15, 0.2) is 6.61 Å². The van der Waals surface area contributed by atoms with E-state index in [0.717, 1.165) is 25.8 Å². The first-order valence-electron chi connectivity index (χ1n) is 10.6. The van der Waals surface area contributed by atoms with Gasteiger partial charge in [0.25, 0.3) is 5.91 Å². The van der Waals surface area contributed by atoms with E-state index in [9.17, 15) is 9.90 Å². The van der Waals surface area contributed by atoms with E-state index in [1.165, 1.54) is 24.8 Å². The molecule has 0 heterocycles. The third kappa shape index (κ3) is 4.52. The summed E-state index contributed by atoms with van der Waals surface area (Å²) in [6.45, 7) is 6.69. The van der Waals surface area contributed by atoms with E-state index in [2.05, 4.69) is 22.8 Å². The molecular formula is C23H34N2O3. The zero-order valence-electron chi connectivity index (χ0n) is 17.4. The Morgan fingerprint density at radius 2 is 1.79 bits per heavy atom. The smallest absolute Gasteiger partial charge is 0.258 e. The number of carbonyl (C=O) groups excluding carboxylic acids is 1. The van der Waals surface area contributed by atoms with E-state index >= 15 is 0 Å². The van der Waals surface area contributed by atoms with Gasteiger partial charge in [-0.15, -0.1) is 0 Å². The minimum absolute atomic E-state index is 0.0271. The van der Waals surface area contributed by atoms with Crippen LogP contribution in [-0.2, 0) is 11.3 Å². The number of aliphatic hydroxyl groups is 1. The number of hydrogen-bond donors (Lipinski definition) is 3. The first-order chi connectivity index (χ1) is 13.1. The van der Waals surface area contributed by atoms with E-state index in [4.69, 9.17) is 4.74 Å². The minimum atomic E-state index is -0.428. The topological polar surface area (TPSA) is 70.6 Å². The number of carbonyl (C=O) groups is 1. The summed E-state index contributed by atoms with van der Waals surface area (Å²) in [4.78, 5) is 11.9. The molecule has 1 amide bonds. The van der Waals surface area contributed by atoms with Crippen molar-refractivity contribution in [3.63, 3.8) is 0 Å². The standard InChI is InChI=1S/C23H34N2O3/c1-21(2,3)25-20(26)14-28-19-6-4-16(5-7-19)13-24-22-9-17-8-18(10-22)12-23(27,11-17)15-22/h4-7,17-18,24,27H,8-15H2,1-3H3,(H,25,26)/t17-,18+,22?,23?. The molecular weight excluding hydrogens is 352 g/mol. The highest BCUT2D eigenvalue weighted by Gasteiger charge is 2.56. The average Bonchev–Trinajstić information content (AvgIpc) is 2.55. The number of amides is 1. The van der Waals surface area contributed by atoms with Crippen LogP contribution in [0.1, 0.15) is 64.9 Å². The van der Waals surface area contributed by atoms with Gasteiger partial charge in [-0.2, -0.15) is 0 Å². The average molecular weight is 387 g/mol. The fourth-order valence-electron chi connectivity index (χ4n) is 6.02. The number of ether oxygens (including phenoxy) is 1. The maximum atomic E-state index is 11.9. The Hall–Kier alpha value is -1.59. The Morgan fingerprint density at radius 1 is 1.14 bits per heavy atom. The second-order valence-corrected chi connectivity index (χ2v) is 10.6. The summed E-state index contributed by atoms with van der Waals surface area (Å²) in [6.07, 6.45) is 6.62. The van der Waals surface area contributed by atoms with Crippen LogP contribution >= 0.6 is 0 Å². The van der Waals surface area contributed by atoms with Crippen LogP contribution in [0.3, 0.4) is 0 Å². The van der Waals surface area contributed by atoms with Crippen LogP contribution < -0.4 is 15.4 Å². The second kappa shape index (κ2) is 7.03.